The van der Waals surface area contributed by atoms with E-state index in [1.165, 1.54) is 36.5 Å². The van der Waals surface area contributed by atoms with Crippen molar-refractivity contribution in [2.45, 2.75) is 4.90 Å². The molecule has 7 nitrogen and oxygen atoms in total. The third-order valence-corrected chi connectivity index (χ3v) is 3.96. The second kappa shape index (κ2) is 5.71. The first-order valence-electron chi connectivity index (χ1n) is 5.79. The summed E-state index contributed by atoms with van der Waals surface area (Å²) in [6.45, 7) is 0. The highest BCUT2D eigenvalue weighted by molar-refractivity contribution is 7.90. The number of carbonyl (C=O) groups is 2. The number of carbonyl (C=O) groups excluding carboxylic acids is 2. The Bertz CT molecular complexity index is 788. The van der Waals surface area contributed by atoms with Crippen molar-refractivity contribution in [1.29, 1.82) is 0 Å². The summed E-state index contributed by atoms with van der Waals surface area (Å²) < 4.78 is 26.2. The number of sulfonamides is 1. The van der Waals surface area contributed by atoms with Gasteiger partial charge in [0.2, 0.25) is 5.91 Å². The molecule has 2 rings (SSSR count). The smallest absolute Gasteiger partial charge is 0.283 e. The van der Waals surface area contributed by atoms with E-state index >= 15 is 0 Å². The summed E-state index contributed by atoms with van der Waals surface area (Å²) in [6, 6.07) is 9.85. The summed E-state index contributed by atoms with van der Waals surface area (Å²) in [4.78, 5) is 26.5. The predicted molar refractivity (Wildman–Crippen MR) is 73.8 cm³/mol. The molecule has 3 N–H and O–H groups in total. The molecule has 0 unspecified atom stereocenters. The van der Waals surface area contributed by atoms with Crippen LogP contribution in [-0.2, 0) is 10.0 Å². The van der Waals surface area contributed by atoms with Crippen molar-refractivity contribution in [2.24, 2.45) is 5.73 Å². The lowest BCUT2D eigenvalue weighted by Gasteiger charge is -2.09. The first-order valence-corrected chi connectivity index (χ1v) is 7.27. The molecule has 0 atom stereocenters. The Labute approximate surface area is 120 Å². The summed E-state index contributed by atoms with van der Waals surface area (Å²) in [7, 11) is -4.22. The maximum atomic E-state index is 12.2. The Kier molecular flexibility index (Phi) is 3.99. The van der Waals surface area contributed by atoms with Crippen molar-refractivity contribution in [3.05, 3.63) is 59.9 Å². The van der Waals surface area contributed by atoms with Crippen LogP contribution in [0.4, 0.5) is 0 Å². The van der Waals surface area contributed by atoms with Crippen LogP contribution in [0.15, 0.2) is 53.6 Å². The zero-order valence-corrected chi connectivity index (χ0v) is 11.5. The van der Waals surface area contributed by atoms with Gasteiger partial charge in [0, 0.05) is 6.20 Å². The molecule has 21 heavy (non-hydrogen) atoms. The molecule has 0 saturated carbocycles. The minimum atomic E-state index is -4.22. The fourth-order valence-corrected chi connectivity index (χ4v) is 2.81. The fraction of sp³-hybridized carbons (Fsp3) is 0. The molecule has 0 aliphatic carbocycles. The molecular formula is C13H11N3O4S. The van der Waals surface area contributed by atoms with Crippen molar-refractivity contribution in [3.63, 3.8) is 0 Å². The third-order valence-electron chi connectivity index (χ3n) is 2.57. The molecule has 0 aliphatic heterocycles. The van der Waals surface area contributed by atoms with Gasteiger partial charge in [-0.15, -0.1) is 0 Å². The van der Waals surface area contributed by atoms with E-state index < -0.39 is 21.8 Å². The molecule has 1 aromatic heterocycles. The van der Waals surface area contributed by atoms with E-state index in [1.807, 2.05) is 4.72 Å². The first-order chi connectivity index (χ1) is 9.92. The number of rotatable bonds is 4. The van der Waals surface area contributed by atoms with E-state index in [0.29, 0.717) is 0 Å². The lowest BCUT2D eigenvalue weighted by Crippen LogP contribution is -2.32. The second-order valence-electron chi connectivity index (χ2n) is 4.01. The van der Waals surface area contributed by atoms with Gasteiger partial charge in [0.15, 0.2) is 0 Å². The molecule has 0 aliphatic rings. The number of hydrogen-bond acceptors (Lipinski definition) is 5. The van der Waals surface area contributed by atoms with Crippen molar-refractivity contribution >= 4 is 21.8 Å². The number of aromatic nitrogens is 1. The summed E-state index contributed by atoms with van der Waals surface area (Å²) in [5, 5.41) is 0. The van der Waals surface area contributed by atoms with E-state index in [9.17, 15) is 18.0 Å². The van der Waals surface area contributed by atoms with Gasteiger partial charge in [-0.2, -0.15) is 0 Å². The molecule has 2 aromatic rings. The standard InChI is InChI=1S/C13H11N3O4S/c14-12(17)9-5-1-2-7-11(9)21(19,20)16-13(18)10-6-3-4-8-15-10/h1-8H,(H2,14,17)(H,16,18). The number of nitrogens with zero attached hydrogens (tertiary/aromatic N) is 1. The summed E-state index contributed by atoms with van der Waals surface area (Å²) >= 11 is 0. The number of nitrogens with one attached hydrogen (secondary N) is 1. The van der Waals surface area contributed by atoms with Gasteiger partial charge in [-0.3, -0.25) is 14.6 Å². The highest BCUT2D eigenvalue weighted by Crippen LogP contribution is 2.15. The average Bonchev–Trinajstić information content (AvgIpc) is 2.47. The maximum absolute atomic E-state index is 12.2. The Morgan fingerprint density at radius 1 is 1.05 bits per heavy atom. The number of amides is 2. The number of primary amides is 1. The second-order valence-corrected chi connectivity index (χ2v) is 5.66. The monoisotopic (exact) mass is 305 g/mol. The van der Waals surface area contributed by atoms with Crippen LogP contribution in [-0.4, -0.2) is 25.2 Å². The van der Waals surface area contributed by atoms with Gasteiger partial charge < -0.3 is 5.73 Å². The van der Waals surface area contributed by atoms with E-state index in [-0.39, 0.29) is 16.2 Å². The summed E-state index contributed by atoms with van der Waals surface area (Å²) in [6.07, 6.45) is 1.36. The van der Waals surface area contributed by atoms with Crippen molar-refractivity contribution in [1.82, 2.24) is 9.71 Å². The van der Waals surface area contributed by atoms with Gasteiger partial charge in [-0.1, -0.05) is 18.2 Å². The van der Waals surface area contributed by atoms with E-state index in [4.69, 9.17) is 5.73 Å². The number of pyridine rings is 1. The minimum Gasteiger partial charge on any atom is -0.366 e. The van der Waals surface area contributed by atoms with Crippen LogP contribution in [0.1, 0.15) is 20.8 Å². The molecule has 0 bridgehead atoms. The summed E-state index contributed by atoms with van der Waals surface area (Å²) in [5.74, 6) is -1.80. The molecule has 8 heteroatoms. The number of nitrogens with two attached hydrogens (primary N) is 1. The van der Waals surface area contributed by atoms with Gasteiger partial charge in [0.25, 0.3) is 15.9 Å². The van der Waals surface area contributed by atoms with Crippen molar-refractivity contribution in [2.75, 3.05) is 0 Å². The third kappa shape index (κ3) is 3.23. The molecule has 1 aromatic carbocycles. The Morgan fingerprint density at radius 2 is 1.71 bits per heavy atom. The van der Waals surface area contributed by atoms with Crippen LogP contribution < -0.4 is 10.5 Å². The van der Waals surface area contributed by atoms with Crippen LogP contribution in [0, 0.1) is 0 Å². The highest BCUT2D eigenvalue weighted by atomic mass is 32.2. The maximum Gasteiger partial charge on any atom is 0.283 e. The van der Waals surface area contributed by atoms with Gasteiger partial charge in [0.05, 0.1) is 5.56 Å². The number of benzene rings is 1. The minimum absolute atomic E-state index is 0.0577. The summed E-state index contributed by atoms with van der Waals surface area (Å²) in [5.41, 5.74) is 4.87. The fourth-order valence-electron chi connectivity index (χ4n) is 1.63. The van der Waals surface area contributed by atoms with Crippen LogP contribution in [0.2, 0.25) is 0 Å². The largest absolute Gasteiger partial charge is 0.366 e. The Morgan fingerprint density at radius 3 is 2.33 bits per heavy atom. The molecule has 108 valence electrons. The number of hydrogen-bond donors (Lipinski definition) is 2. The van der Waals surface area contributed by atoms with Crippen molar-refractivity contribution in [3.8, 4) is 0 Å². The van der Waals surface area contributed by atoms with Gasteiger partial charge in [0.1, 0.15) is 10.6 Å². The van der Waals surface area contributed by atoms with E-state index in [1.54, 1.807) is 12.1 Å². The molecule has 1 heterocycles. The molecular weight excluding hydrogens is 294 g/mol. The van der Waals surface area contributed by atoms with Crippen molar-refractivity contribution < 1.29 is 18.0 Å². The Balaban J connectivity index is 2.36. The SMILES string of the molecule is NC(=O)c1ccccc1S(=O)(=O)NC(=O)c1ccccn1. The molecule has 0 saturated heterocycles. The zero-order valence-electron chi connectivity index (χ0n) is 10.7. The molecule has 0 radical (unpaired) electrons. The highest BCUT2D eigenvalue weighted by Gasteiger charge is 2.23. The van der Waals surface area contributed by atoms with Crippen LogP contribution >= 0.6 is 0 Å². The zero-order chi connectivity index (χ0) is 15.5. The van der Waals surface area contributed by atoms with E-state index in [2.05, 4.69) is 4.98 Å². The predicted octanol–water partition coefficient (Wildman–Crippen LogP) is 0.299. The lowest BCUT2D eigenvalue weighted by molar-refractivity contribution is 0.0971. The van der Waals surface area contributed by atoms with Crippen LogP contribution in [0.5, 0.6) is 0 Å². The van der Waals surface area contributed by atoms with Crippen LogP contribution in [0.25, 0.3) is 0 Å². The molecule has 0 fully saturated rings. The van der Waals surface area contributed by atoms with Gasteiger partial charge >= 0.3 is 0 Å². The lowest BCUT2D eigenvalue weighted by atomic mass is 10.2. The van der Waals surface area contributed by atoms with Gasteiger partial charge in [-0.05, 0) is 24.3 Å². The quantitative estimate of drug-likeness (QED) is 0.842. The normalized spacial score (nSPS) is 10.9. The first kappa shape index (κ1) is 14.7. The molecule has 0 spiro atoms. The Hall–Kier alpha value is -2.74. The van der Waals surface area contributed by atoms with Crippen LogP contribution in [0.3, 0.4) is 0 Å². The van der Waals surface area contributed by atoms with Gasteiger partial charge in [-0.25, -0.2) is 13.1 Å². The topological polar surface area (TPSA) is 119 Å². The van der Waals surface area contributed by atoms with E-state index in [0.717, 1.165) is 0 Å². The average molecular weight is 305 g/mol. The molecule has 2 amide bonds.